The molecule has 0 aliphatic carbocycles. The first-order chi connectivity index (χ1) is 15.6. The summed E-state index contributed by atoms with van der Waals surface area (Å²) in [6.45, 7) is 5.09. The Labute approximate surface area is 197 Å². The van der Waals surface area contributed by atoms with Crippen molar-refractivity contribution in [3.05, 3.63) is 93.8 Å². The predicted molar refractivity (Wildman–Crippen MR) is 129 cm³/mol. The Morgan fingerprint density at radius 2 is 1.76 bits per heavy atom. The minimum absolute atomic E-state index is 0.0118. The van der Waals surface area contributed by atoms with Gasteiger partial charge >= 0.3 is 0 Å². The van der Waals surface area contributed by atoms with Crippen LogP contribution in [0, 0.1) is 26.6 Å². The van der Waals surface area contributed by atoms with Crippen LogP contribution in [-0.2, 0) is 14.8 Å². The number of carbonyl (C=O) groups is 1. The lowest BCUT2D eigenvalue weighted by Crippen LogP contribution is -2.39. The van der Waals surface area contributed by atoms with Gasteiger partial charge in [0.2, 0.25) is 0 Å². The normalized spacial score (nSPS) is 11.5. The van der Waals surface area contributed by atoms with Crippen LogP contribution < -0.4 is 9.73 Å². The summed E-state index contributed by atoms with van der Waals surface area (Å²) < 4.78 is 41.7. The van der Waals surface area contributed by atoms with E-state index < -0.39 is 28.3 Å². The van der Waals surface area contributed by atoms with E-state index >= 15 is 0 Å². The van der Waals surface area contributed by atoms with Crippen LogP contribution in [0.4, 0.5) is 10.1 Å². The summed E-state index contributed by atoms with van der Waals surface area (Å²) in [6, 6.07) is 15.7. The summed E-state index contributed by atoms with van der Waals surface area (Å²) in [5.41, 5.74) is 5.37. The molecule has 1 N–H and O–H groups in total. The fourth-order valence-electron chi connectivity index (χ4n) is 3.00. The van der Waals surface area contributed by atoms with E-state index in [4.69, 9.17) is 11.6 Å². The Kier molecular flexibility index (Phi) is 7.50. The van der Waals surface area contributed by atoms with Crippen molar-refractivity contribution in [1.29, 1.82) is 0 Å². The number of nitrogens with one attached hydrogen (secondary N) is 1. The summed E-state index contributed by atoms with van der Waals surface area (Å²) in [4.78, 5) is 12.7. The highest BCUT2D eigenvalue weighted by molar-refractivity contribution is 7.92. The summed E-state index contributed by atoms with van der Waals surface area (Å²) in [5.74, 6) is -1.30. The first-order valence-electron chi connectivity index (χ1n) is 10.0. The zero-order chi connectivity index (χ0) is 24.2. The number of amides is 1. The summed E-state index contributed by atoms with van der Waals surface area (Å²) in [7, 11) is -4.05. The van der Waals surface area contributed by atoms with Gasteiger partial charge in [0.1, 0.15) is 12.4 Å². The number of anilines is 1. The molecular formula is C24H23ClFN3O3S. The average Bonchev–Trinajstić information content (AvgIpc) is 2.76. The van der Waals surface area contributed by atoms with E-state index in [1.165, 1.54) is 30.3 Å². The number of hydrogen-bond donors (Lipinski definition) is 1. The molecule has 33 heavy (non-hydrogen) atoms. The van der Waals surface area contributed by atoms with E-state index in [9.17, 15) is 17.6 Å². The van der Waals surface area contributed by atoms with Crippen LogP contribution in [-0.4, -0.2) is 27.1 Å². The molecule has 0 radical (unpaired) electrons. The number of nitrogens with zero attached hydrogens (tertiary/aromatic N) is 2. The molecule has 0 aliphatic heterocycles. The monoisotopic (exact) mass is 487 g/mol. The Balaban J connectivity index is 1.89. The minimum atomic E-state index is -4.05. The molecule has 172 valence electrons. The van der Waals surface area contributed by atoms with Crippen molar-refractivity contribution in [1.82, 2.24) is 5.43 Å². The van der Waals surface area contributed by atoms with Crippen LogP contribution in [0.2, 0.25) is 5.02 Å². The lowest BCUT2D eigenvalue weighted by atomic mass is 10.1. The number of benzene rings is 3. The molecule has 0 heterocycles. The molecule has 0 spiro atoms. The third kappa shape index (κ3) is 5.77. The third-order valence-electron chi connectivity index (χ3n) is 5.06. The summed E-state index contributed by atoms with van der Waals surface area (Å²) in [5, 5.41) is 3.87. The second kappa shape index (κ2) is 10.1. The second-order valence-corrected chi connectivity index (χ2v) is 9.79. The predicted octanol–water partition coefficient (Wildman–Crippen LogP) is 4.75. The molecule has 0 saturated carbocycles. The number of hydrogen-bond acceptors (Lipinski definition) is 4. The third-order valence-corrected chi connectivity index (χ3v) is 7.17. The number of hydrazone groups is 1. The van der Waals surface area contributed by atoms with Crippen molar-refractivity contribution >= 4 is 39.4 Å². The van der Waals surface area contributed by atoms with Crippen molar-refractivity contribution in [2.24, 2.45) is 5.10 Å². The van der Waals surface area contributed by atoms with Crippen LogP contribution in [0.25, 0.3) is 0 Å². The average molecular weight is 488 g/mol. The summed E-state index contributed by atoms with van der Waals surface area (Å²) >= 11 is 5.94. The molecule has 0 unspecified atom stereocenters. The van der Waals surface area contributed by atoms with Gasteiger partial charge < -0.3 is 0 Å². The Morgan fingerprint density at radius 3 is 2.39 bits per heavy atom. The van der Waals surface area contributed by atoms with Gasteiger partial charge in [0.15, 0.2) is 0 Å². The molecule has 0 aliphatic rings. The van der Waals surface area contributed by atoms with Gasteiger partial charge in [-0.3, -0.25) is 9.10 Å². The maximum absolute atomic E-state index is 13.9. The molecule has 1 amide bonds. The van der Waals surface area contributed by atoms with Gasteiger partial charge in [-0.15, -0.1) is 0 Å². The molecule has 0 saturated heterocycles. The van der Waals surface area contributed by atoms with Gasteiger partial charge in [-0.1, -0.05) is 41.4 Å². The minimum Gasteiger partial charge on any atom is -0.271 e. The fraction of sp³-hybridized carbons (Fsp3) is 0.167. The van der Waals surface area contributed by atoms with E-state index in [1.54, 1.807) is 30.3 Å². The molecule has 0 fully saturated rings. The van der Waals surface area contributed by atoms with Gasteiger partial charge in [0.25, 0.3) is 15.9 Å². The van der Waals surface area contributed by atoms with E-state index in [1.807, 2.05) is 20.8 Å². The van der Waals surface area contributed by atoms with Crippen molar-refractivity contribution in [3.8, 4) is 0 Å². The summed E-state index contributed by atoms with van der Waals surface area (Å²) in [6.07, 6.45) is 1.07. The number of aryl methyl sites for hydroxylation is 3. The van der Waals surface area contributed by atoms with Crippen LogP contribution in [0.15, 0.2) is 70.7 Å². The number of halogens is 2. The lowest BCUT2D eigenvalue weighted by Gasteiger charge is -2.24. The quantitative estimate of drug-likeness (QED) is 0.386. The fourth-order valence-corrected chi connectivity index (χ4v) is 4.63. The maximum Gasteiger partial charge on any atom is 0.264 e. The van der Waals surface area contributed by atoms with Crippen molar-refractivity contribution < 1.29 is 17.6 Å². The molecule has 3 aromatic rings. The molecule has 6 nitrogen and oxygen atoms in total. The first kappa shape index (κ1) is 24.4. The standard InChI is InChI=1S/C24H23ClFN3O3S/c1-16-7-11-20(12-8-16)33(31,32)29(19-10-9-17(2)18(3)13-19)15-24(30)28-27-14-21-22(25)5-4-6-23(21)26/h4-14H,15H2,1-3H3,(H,28,30)/b27-14-. The SMILES string of the molecule is Cc1ccc(S(=O)(=O)N(CC(=O)N/N=C\c2c(F)cccc2Cl)c2ccc(C)c(C)c2)cc1. The van der Waals surface area contributed by atoms with Crippen LogP contribution in [0.1, 0.15) is 22.3 Å². The first-order valence-corrected chi connectivity index (χ1v) is 11.8. The number of carbonyl (C=O) groups excluding carboxylic acids is 1. The van der Waals surface area contributed by atoms with Gasteiger partial charge in [0.05, 0.1) is 21.8 Å². The molecular weight excluding hydrogens is 465 g/mol. The van der Waals surface area contributed by atoms with Gasteiger partial charge in [-0.05, 0) is 68.3 Å². The van der Waals surface area contributed by atoms with E-state index in [-0.39, 0.29) is 15.5 Å². The molecule has 3 aromatic carbocycles. The van der Waals surface area contributed by atoms with Gasteiger partial charge in [0, 0.05) is 5.56 Å². The van der Waals surface area contributed by atoms with Crippen LogP contribution in [0.3, 0.4) is 0 Å². The topological polar surface area (TPSA) is 78.8 Å². The zero-order valence-electron chi connectivity index (χ0n) is 18.3. The zero-order valence-corrected chi connectivity index (χ0v) is 19.9. The highest BCUT2D eigenvalue weighted by Crippen LogP contribution is 2.26. The maximum atomic E-state index is 13.9. The largest absolute Gasteiger partial charge is 0.271 e. The Bertz CT molecular complexity index is 1290. The van der Waals surface area contributed by atoms with E-state index in [0.29, 0.717) is 5.69 Å². The molecule has 9 heteroatoms. The Morgan fingerprint density at radius 1 is 1.06 bits per heavy atom. The molecule has 0 atom stereocenters. The molecule has 3 rings (SSSR count). The smallest absolute Gasteiger partial charge is 0.264 e. The van der Waals surface area contributed by atoms with Crippen molar-refractivity contribution in [3.63, 3.8) is 0 Å². The van der Waals surface area contributed by atoms with Crippen LogP contribution in [0.5, 0.6) is 0 Å². The molecule has 0 aromatic heterocycles. The molecule has 0 bridgehead atoms. The second-order valence-electron chi connectivity index (χ2n) is 7.52. The van der Waals surface area contributed by atoms with E-state index in [0.717, 1.165) is 27.2 Å². The lowest BCUT2D eigenvalue weighted by molar-refractivity contribution is -0.119. The van der Waals surface area contributed by atoms with Crippen molar-refractivity contribution in [2.45, 2.75) is 25.7 Å². The number of rotatable bonds is 7. The highest BCUT2D eigenvalue weighted by atomic mass is 35.5. The number of sulfonamides is 1. The van der Waals surface area contributed by atoms with E-state index in [2.05, 4.69) is 10.5 Å². The highest BCUT2D eigenvalue weighted by Gasteiger charge is 2.27. The van der Waals surface area contributed by atoms with Gasteiger partial charge in [-0.25, -0.2) is 18.2 Å². The van der Waals surface area contributed by atoms with Crippen LogP contribution >= 0.6 is 11.6 Å². The Hall–Kier alpha value is -3.23. The van der Waals surface area contributed by atoms with Crippen molar-refractivity contribution in [2.75, 3.05) is 10.8 Å². The van der Waals surface area contributed by atoms with Gasteiger partial charge in [-0.2, -0.15) is 5.10 Å².